The molecule has 1 nitrogen and oxygen atoms in total. The molecule has 0 unspecified atom stereocenters. The summed E-state index contributed by atoms with van der Waals surface area (Å²) in [5.74, 6) is 0. The van der Waals surface area contributed by atoms with E-state index in [-0.39, 0.29) is 0 Å². The minimum Gasteiger partial charge on any atom is -0.299 e. The van der Waals surface area contributed by atoms with E-state index < -0.39 is 0 Å². The van der Waals surface area contributed by atoms with Gasteiger partial charge < -0.3 is 0 Å². The Hall–Kier alpha value is -0.820. The molecule has 0 radical (unpaired) electrons. The summed E-state index contributed by atoms with van der Waals surface area (Å²) < 4.78 is 0. The highest BCUT2D eigenvalue weighted by Gasteiger charge is 2.12. The Bertz CT molecular complexity index is 284. The maximum Gasteiger partial charge on any atom is 0.0233 e. The standard InChI is InChI=1S/C15H25N/c1-5-16(12-11-15(2,3)4)13-14-9-7-6-8-10-14/h6-10H,5,11-13H2,1-4H3. The van der Waals surface area contributed by atoms with Gasteiger partial charge in [0.1, 0.15) is 0 Å². The topological polar surface area (TPSA) is 3.24 Å². The highest BCUT2D eigenvalue weighted by molar-refractivity contribution is 5.14. The highest BCUT2D eigenvalue weighted by atomic mass is 15.1. The summed E-state index contributed by atoms with van der Waals surface area (Å²) in [6, 6.07) is 10.7. The van der Waals surface area contributed by atoms with Gasteiger partial charge in [0.2, 0.25) is 0 Å². The third kappa shape index (κ3) is 5.32. The molecular formula is C15H25N. The second-order valence-electron chi connectivity index (χ2n) is 5.67. The molecular weight excluding hydrogens is 194 g/mol. The van der Waals surface area contributed by atoms with E-state index in [1.54, 1.807) is 0 Å². The van der Waals surface area contributed by atoms with Crippen molar-refractivity contribution >= 4 is 0 Å². The molecule has 1 aromatic carbocycles. The molecule has 1 heteroatoms. The zero-order valence-electron chi connectivity index (χ0n) is 11.2. The fourth-order valence-electron chi connectivity index (χ4n) is 1.68. The van der Waals surface area contributed by atoms with Gasteiger partial charge in [-0.05, 0) is 30.5 Å². The van der Waals surface area contributed by atoms with E-state index in [4.69, 9.17) is 0 Å². The van der Waals surface area contributed by atoms with E-state index in [9.17, 15) is 0 Å². The first kappa shape index (κ1) is 13.2. The molecule has 16 heavy (non-hydrogen) atoms. The van der Waals surface area contributed by atoms with Crippen molar-refractivity contribution in [1.29, 1.82) is 0 Å². The number of rotatable bonds is 5. The van der Waals surface area contributed by atoms with Gasteiger partial charge in [0.25, 0.3) is 0 Å². The molecule has 0 aliphatic rings. The molecule has 1 rings (SSSR count). The van der Waals surface area contributed by atoms with Crippen LogP contribution in [0.1, 0.15) is 39.7 Å². The van der Waals surface area contributed by atoms with Gasteiger partial charge in [-0.3, -0.25) is 4.90 Å². The van der Waals surface area contributed by atoms with Crippen LogP contribution in [0, 0.1) is 5.41 Å². The fraction of sp³-hybridized carbons (Fsp3) is 0.600. The summed E-state index contributed by atoms with van der Waals surface area (Å²) in [7, 11) is 0. The van der Waals surface area contributed by atoms with Gasteiger partial charge in [-0.15, -0.1) is 0 Å². The van der Waals surface area contributed by atoms with Crippen molar-refractivity contribution in [3.05, 3.63) is 35.9 Å². The smallest absolute Gasteiger partial charge is 0.0233 e. The van der Waals surface area contributed by atoms with Gasteiger partial charge in [0.05, 0.1) is 0 Å². The van der Waals surface area contributed by atoms with Crippen molar-refractivity contribution in [1.82, 2.24) is 4.90 Å². The van der Waals surface area contributed by atoms with E-state index in [0.717, 1.165) is 13.1 Å². The van der Waals surface area contributed by atoms with Crippen molar-refractivity contribution in [3.8, 4) is 0 Å². The molecule has 0 bridgehead atoms. The van der Waals surface area contributed by atoms with Crippen molar-refractivity contribution in [2.24, 2.45) is 5.41 Å². The molecule has 0 aliphatic carbocycles. The number of benzene rings is 1. The minimum atomic E-state index is 0.435. The molecule has 1 aromatic rings. The monoisotopic (exact) mass is 219 g/mol. The lowest BCUT2D eigenvalue weighted by Gasteiger charge is -2.25. The number of hydrogen-bond acceptors (Lipinski definition) is 1. The Morgan fingerprint density at radius 3 is 2.19 bits per heavy atom. The maximum atomic E-state index is 2.51. The highest BCUT2D eigenvalue weighted by Crippen LogP contribution is 2.19. The van der Waals surface area contributed by atoms with Gasteiger partial charge in [-0.25, -0.2) is 0 Å². The molecule has 0 aromatic heterocycles. The molecule has 0 saturated carbocycles. The van der Waals surface area contributed by atoms with Crippen LogP contribution in [-0.4, -0.2) is 18.0 Å². The Morgan fingerprint density at radius 2 is 1.69 bits per heavy atom. The minimum absolute atomic E-state index is 0.435. The zero-order valence-corrected chi connectivity index (χ0v) is 11.2. The summed E-state index contributed by atoms with van der Waals surface area (Å²) in [5, 5.41) is 0. The van der Waals surface area contributed by atoms with Crippen molar-refractivity contribution in [3.63, 3.8) is 0 Å². The van der Waals surface area contributed by atoms with E-state index in [2.05, 4.69) is 62.9 Å². The van der Waals surface area contributed by atoms with Crippen molar-refractivity contribution in [2.45, 2.75) is 40.7 Å². The van der Waals surface area contributed by atoms with Gasteiger partial charge in [-0.1, -0.05) is 58.0 Å². The van der Waals surface area contributed by atoms with Crippen LogP contribution < -0.4 is 0 Å². The average molecular weight is 219 g/mol. The van der Waals surface area contributed by atoms with E-state index in [0.29, 0.717) is 5.41 Å². The van der Waals surface area contributed by atoms with Crippen LogP contribution in [0.2, 0.25) is 0 Å². The summed E-state index contributed by atoms with van der Waals surface area (Å²) in [6.45, 7) is 12.6. The first-order chi connectivity index (χ1) is 7.51. The van der Waals surface area contributed by atoms with Crippen molar-refractivity contribution in [2.75, 3.05) is 13.1 Å². The second kappa shape index (κ2) is 6.05. The van der Waals surface area contributed by atoms with Crippen LogP contribution in [0.15, 0.2) is 30.3 Å². The fourth-order valence-corrected chi connectivity index (χ4v) is 1.68. The lowest BCUT2D eigenvalue weighted by molar-refractivity contribution is 0.230. The summed E-state index contributed by atoms with van der Waals surface area (Å²) >= 11 is 0. The van der Waals surface area contributed by atoms with Crippen LogP contribution in [0.5, 0.6) is 0 Å². The lowest BCUT2D eigenvalue weighted by atomic mass is 9.92. The van der Waals surface area contributed by atoms with Crippen LogP contribution in [-0.2, 0) is 6.54 Å². The van der Waals surface area contributed by atoms with Gasteiger partial charge >= 0.3 is 0 Å². The van der Waals surface area contributed by atoms with Gasteiger partial charge in [-0.2, -0.15) is 0 Å². The van der Waals surface area contributed by atoms with Gasteiger partial charge in [0, 0.05) is 6.54 Å². The third-order valence-electron chi connectivity index (χ3n) is 2.87. The first-order valence-electron chi connectivity index (χ1n) is 6.27. The predicted octanol–water partition coefficient (Wildman–Crippen LogP) is 3.94. The molecule has 0 fully saturated rings. The molecule has 90 valence electrons. The molecule has 0 aliphatic heterocycles. The molecule has 0 heterocycles. The number of hydrogen-bond donors (Lipinski definition) is 0. The van der Waals surface area contributed by atoms with Crippen LogP contribution in [0.3, 0.4) is 0 Å². The molecule has 0 N–H and O–H groups in total. The van der Waals surface area contributed by atoms with E-state index >= 15 is 0 Å². The van der Waals surface area contributed by atoms with Crippen LogP contribution in [0.4, 0.5) is 0 Å². The predicted molar refractivity (Wildman–Crippen MR) is 71.5 cm³/mol. The molecule has 0 atom stereocenters. The lowest BCUT2D eigenvalue weighted by Crippen LogP contribution is -2.27. The SMILES string of the molecule is CCN(CCC(C)(C)C)Cc1ccccc1. The van der Waals surface area contributed by atoms with Gasteiger partial charge in [0.15, 0.2) is 0 Å². The summed E-state index contributed by atoms with van der Waals surface area (Å²) in [4.78, 5) is 2.51. The van der Waals surface area contributed by atoms with Crippen LogP contribution >= 0.6 is 0 Å². The van der Waals surface area contributed by atoms with E-state index in [1.165, 1.54) is 18.5 Å². The zero-order chi connectivity index (χ0) is 12.0. The average Bonchev–Trinajstić information content (AvgIpc) is 2.24. The van der Waals surface area contributed by atoms with Crippen molar-refractivity contribution < 1.29 is 0 Å². The maximum absolute atomic E-state index is 2.51. The first-order valence-corrected chi connectivity index (χ1v) is 6.27. The third-order valence-corrected chi connectivity index (χ3v) is 2.87. The largest absolute Gasteiger partial charge is 0.299 e. The summed E-state index contributed by atoms with van der Waals surface area (Å²) in [5.41, 5.74) is 1.85. The Kier molecular flexibility index (Phi) is 5.01. The molecule has 0 amide bonds. The molecule has 0 spiro atoms. The Balaban J connectivity index is 2.44. The number of nitrogens with zero attached hydrogens (tertiary/aromatic N) is 1. The summed E-state index contributed by atoms with van der Waals surface area (Å²) in [6.07, 6.45) is 1.26. The molecule has 0 saturated heterocycles. The van der Waals surface area contributed by atoms with Crippen LogP contribution in [0.25, 0.3) is 0 Å². The Labute approximate surface area is 100 Å². The normalized spacial score (nSPS) is 12.1. The van der Waals surface area contributed by atoms with E-state index in [1.807, 2.05) is 0 Å². The second-order valence-corrected chi connectivity index (χ2v) is 5.67. The quantitative estimate of drug-likeness (QED) is 0.725. The Morgan fingerprint density at radius 1 is 1.06 bits per heavy atom.